The highest BCUT2D eigenvalue weighted by molar-refractivity contribution is 5.94. The number of benzene rings is 2. The van der Waals surface area contributed by atoms with E-state index in [9.17, 15) is 9.18 Å². The number of carbonyl (C=O) groups is 1. The van der Waals surface area contributed by atoms with Crippen molar-refractivity contribution in [2.45, 2.75) is 6.92 Å². The van der Waals surface area contributed by atoms with Gasteiger partial charge in [-0.3, -0.25) is 4.79 Å². The molecule has 0 saturated carbocycles. The van der Waals surface area contributed by atoms with Crippen LogP contribution in [0, 0.1) is 24.1 Å². The van der Waals surface area contributed by atoms with E-state index in [-0.39, 0.29) is 18.3 Å². The van der Waals surface area contributed by atoms with E-state index < -0.39 is 0 Å². The second-order valence-corrected chi connectivity index (χ2v) is 4.52. The van der Waals surface area contributed by atoms with E-state index in [1.165, 1.54) is 12.1 Å². The van der Waals surface area contributed by atoms with Crippen LogP contribution < -0.4 is 10.6 Å². The third kappa shape index (κ3) is 3.80. The molecule has 2 aromatic rings. The van der Waals surface area contributed by atoms with Crippen LogP contribution in [0.4, 0.5) is 15.8 Å². The van der Waals surface area contributed by atoms with Crippen molar-refractivity contribution in [3.63, 3.8) is 0 Å². The van der Waals surface area contributed by atoms with E-state index in [0.717, 1.165) is 5.56 Å². The number of rotatable bonds is 4. The first-order chi connectivity index (χ1) is 10.1. The van der Waals surface area contributed by atoms with Crippen LogP contribution in [-0.2, 0) is 4.79 Å². The third-order valence-corrected chi connectivity index (χ3v) is 2.95. The van der Waals surface area contributed by atoms with E-state index in [2.05, 4.69) is 10.6 Å². The maximum absolute atomic E-state index is 13.0. The SMILES string of the molecule is Cc1cc(F)ccc1NCC(=O)Nc1ccccc1C#N. The van der Waals surface area contributed by atoms with Gasteiger partial charge in [0.1, 0.15) is 11.9 Å². The van der Waals surface area contributed by atoms with Gasteiger partial charge in [0, 0.05) is 5.69 Å². The third-order valence-electron chi connectivity index (χ3n) is 2.95. The van der Waals surface area contributed by atoms with Crippen molar-refractivity contribution in [1.82, 2.24) is 0 Å². The number of nitriles is 1. The zero-order chi connectivity index (χ0) is 15.2. The van der Waals surface area contributed by atoms with Gasteiger partial charge in [-0.1, -0.05) is 12.1 Å². The number of para-hydroxylation sites is 1. The van der Waals surface area contributed by atoms with Gasteiger partial charge in [0.15, 0.2) is 0 Å². The Labute approximate surface area is 122 Å². The summed E-state index contributed by atoms with van der Waals surface area (Å²) >= 11 is 0. The number of nitrogens with one attached hydrogen (secondary N) is 2. The van der Waals surface area contributed by atoms with Crippen molar-refractivity contribution in [3.8, 4) is 6.07 Å². The van der Waals surface area contributed by atoms with E-state index in [4.69, 9.17) is 5.26 Å². The van der Waals surface area contributed by atoms with Crippen molar-refractivity contribution in [2.75, 3.05) is 17.2 Å². The quantitative estimate of drug-likeness (QED) is 0.906. The van der Waals surface area contributed by atoms with E-state index in [1.54, 1.807) is 37.3 Å². The summed E-state index contributed by atoms with van der Waals surface area (Å²) < 4.78 is 13.0. The molecule has 0 bridgehead atoms. The summed E-state index contributed by atoms with van der Waals surface area (Å²) in [6.07, 6.45) is 0. The number of nitrogens with zero attached hydrogens (tertiary/aromatic N) is 1. The van der Waals surface area contributed by atoms with E-state index in [0.29, 0.717) is 16.9 Å². The molecule has 21 heavy (non-hydrogen) atoms. The molecule has 0 aliphatic heterocycles. The summed E-state index contributed by atoms with van der Waals surface area (Å²) in [5, 5.41) is 14.5. The lowest BCUT2D eigenvalue weighted by molar-refractivity contribution is -0.114. The first-order valence-electron chi connectivity index (χ1n) is 6.39. The predicted octanol–water partition coefficient (Wildman–Crippen LogP) is 3.06. The fourth-order valence-electron chi connectivity index (χ4n) is 1.88. The van der Waals surface area contributed by atoms with Crippen LogP contribution in [0.1, 0.15) is 11.1 Å². The molecular formula is C16H14FN3O. The Morgan fingerprint density at radius 3 is 2.71 bits per heavy atom. The highest BCUT2D eigenvalue weighted by Gasteiger charge is 2.07. The first-order valence-corrected chi connectivity index (χ1v) is 6.39. The predicted molar refractivity (Wildman–Crippen MR) is 79.4 cm³/mol. The molecule has 0 atom stereocenters. The molecule has 0 radical (unpaired) electrons. The lowest BCUT2D eigenvalue weighted by Crippen LogP contribution is -2.22. The zero-order valence-corrected chi connectivity index (χ0v) is 11.5. The standard InChI is InChI=1S/C16H14FN3O/c1-11-8-13(17)6-7-14(11)19-10-16(21)20-15-5-3-2-4-12(15)9-18/h2-8,19H,10H2,1H3,(H,20,21). The molecule has 2 rings (SSSR count). The number of halogens is 1. The van der Waals surface area contributed by atoms with Crippen LogP contribution in [0.25, 0.3) is 0 Å². The summed E-state index contributed by atoms with van der Waals surface area (Å²) in [6, 6.07) is 13.1. The first kappa shape index (κ1) is 14.5. The number of amides is 1. The molecule has 4 nitrogen and oxygen atoms in total. The van der Waals surface area contributed by atoms with Gasteiger partial charge in [0.25, 0.3) is 0 Å². The van der Waals surface area contributed by atoms with Crippen LogP contribution >= 0.6 is 0 Å². The summed E-state index contributed by atoms with van der Waals surface area (Å²) in [5.74, 6) is -0.591. The van der Waals surface area contributed by atoms with Crippen LogP contribution in [0.15, 0.2) is 42.5 Å². The van der Waals surface area contributed by atoms with Crippen molar-refractivity contribution in [2.24, 2.45) is 0 Å². The number of carbonyl (C=O) groups excluding carboxylic acids is 1. The summed E-state index contributed by atoms with van der Waals surface area (Å²) in [5.41, 5.74) is 2.30. The summed E-state index contributed by atoms with van der Waals surface area (Å²) in [4.78, 5) is 11.9. The molecule has 2 aromatic carbocycles. The van der Waals surface area contributed by atoms with Gasteiger partial charge < -0.3 is 10.6 Å². The second kappa shape index (κ2) is 6.53. The van der Waals surface area contributed by atoms with Gasteiger partial charge >= 0.3 is 0 Å². The van der Waals surface area contributed by atoms with Gasteiger partial charge in [0.2, 0.25) is 5.91 Å². The number of anilines is 2. The molecule has 106 valence electrons. The second-order valence-electron chi connectivity index (χ2n) is 4.52. The largest absolute Gasteiger partial charge is 0.376 e. The van der Waals surface area contributed by atoms with Gasteiger partial charge in [-0.2, -0.15) is 5.26 Å². The Hall–Kier alpha value is -2.87. The molecular weight excluding hydrogens is 269 g/mol. The van der Waals surface area contributed by atoms with Crippen molar-refractivity contribution >= 4 is 17.3 Å². The average molecular weight is 283 g/mol. The van der Waals surface area contributed by atoms with Crippen LogP contribution in [0.2, 0.25) is 0 Å². The fourth-order valence-corrected chi connectivity index (χ4v) is 1.88. The minimum absolute atomic E-state index is 0.0340. The molecule has 0 aromatic heterocycles. The maximum atomic E-state index is 13.0. The lowest BCUT2D eigenvalue weighted by Gasteiger charge is -2.10. The molecule has 2 N–H and O–H groups in total. The molecule has 0 fully saturated rings. The van der Waals surface area contributed by atoms with Crippen molar-refractivity contribution in [1.29, 1.82) is 5.26 Å². The molecule has 0 saturated heterocycles. The molecule has 0 aliphatic carbocycles. The van der Waals surface area contributed by atoms with Crippen LogP contribution in [-0.4, -0.2) is 12.5 Å². The van der Waals surface area contributed by atoms with Gasteiger partial charge in [-0.25, -0.2) is 4.39 Å². The maximum Gasteiger partial charge on any atom is 0.243 e. The Balaban J connectivity index is 1.98. The number of aryl methyl sites for hydroxylation is 1. The molecule has 0 aliphatic rings. The topological polar surface area (TPSA) is 64.9 Å². The normalized spacial score (nSPS) is 9.76. The van der Waals surface area contributed by atoms with Crippen molar-refractivity contribution < 1.29 is 9.18 Å². The minimum Gasteiger partial charge on any atom is -0.376 e. The highest BCUT2D eigenvalue weighted by atomic mass is 19.1. The minimum atomic E-state index is -0.314. The molecule has 0 spiro atoms. The number of hydrogen-bond donors (Lipinski definition) is 2. The Morgan fingerprint density at radius 2 is 2.00 bits per heavy atom. The Bertz CT molecular complexity index is 707. The van der Waals surface area contributed by atoms with Gasteiger partial charge in [-0.15, -0.1) is 0 Å². The van der Waals surface area contributed by atoms with Crippen molar-refractivity contribution in [3.05, 3.63) is 59.4 Å². The Morgan fingerprint density at radius 1 is 1.24 bits per heavy atom. The molecule has 0 unspecified atom stereocenters. The van der Waals surface area contributed by atoms with E-state index >= 15 is 0 Å². The van der Waals surface area contributed by atoms with Crippen LogP contribution in [0.3, 0.4) is 0 Å². The fraction of sp³-hybridized carbons (Fsp3) is 0.125. The van der Waals surface area contributed by atoms with Gasteiger partial charge in [0.05, 0.1) is 17.8 Å². The smallest absolute Gasteiger partial charge is 0.243 e. The summed E-state index contributed by atoms with van der Waals surface area (Å²) in [6.45, 7) is 1.79. The monoisotopic (exact) mass is 283 g/mol. The van der Waals surface area contributed by atoms with E-state index in [1.807, 2.05) is 6.07 Å². The Kier molecular flexibility index (Phi) is 4.52. The average Bonchev–Trinajstić information content (AvgIpc) is 2.47. The zero-order valence-electron chi connectivity index (χ0n) is 11.5. The molecule has 1 amide bonds. The highest BCUT2D eigenvalue weighted by Crippen LogP contribution is 2.16. The summed E-state index contributed by atoms with van der Waals surface area (Å²) in [7, 11) is 0. The lowest BCUT2D eigenvalue weighted by atomic mass is 10.2. The molecule has 5 heteroatoms. The van der Waals surface area contributed by atoms with Gasteiger partial charge in [-0.05, 0) is 42.8 Å². The number of hydrogen-bond acceptors (Lipinski definition) is 3. The molecule has 0 heterocycles. The van der Waals surface area contributed by atoms with Crippen LogP contribution in [0.5, 0.6) is 0 Å².